The summed E-state index contributed by atoms with van der Waals surface area (Å²) in [4.78, 5) is 12.6. The van der Waals surface area contributed by atoms with E-state index in [4.69, 9.17) is 9.47 Å². The van der Waals surface area contributed by atoms with Gasteiger partial charge in [0.05, 0.1) is 30.0 Å². The maximum atomic E-state index is 13.2. The average Bonchev–Trinajstić information content (AvgIpc) is 3.56. The van der Waals surface area contributed by atoms with Crippen molar-refractivity contribution in [3.63, 3.8) is 0 Å². The second-order valence-electron chi connectivity index (χ2n) is 8.71. The fourth-order valence-electron chi connectivity index (χ4n) is 4.10. The molecule has 1 N–H and O–H groups in total. The minimum atomic E-state index is -3.63. The summed E-state index contributed by atoms with van der Waals surface area (Å²) in [6, 6.07) is 6.88. The molecule has 0 saturated carbocycles. The van der Waals surface area contributed by atoms with E-state index >= 15 is 0 Å². The predicted octanol–water partition coefficient (Wildman–Crippen LogP) is 2.32. The Labute approximate surface area is 210 Å². The fraction of sp³-hybridized carbons (Fsp3) is 0.609. The summed E-state index contributed by atoms with van der Waals surface area (Å²) in [5.74, 6) is 0.720. The Kier molecular flexibility index (Phi) is 8.82. The molecule has 4 rings (SSSR count). The molecule has 2 fully saturated rings. The van der Waals surface area contributed by atoms with Crippen molar-refractivity contribution in [2.75, 3.05) is 45.2 Å². The number of sulfonamides is 1. The second kappa shape index (κ2) is 11.8. The molecule has 1 amide bonds. The lowest BCUT2D eigenvalue weighted by Gasteiger charge is -2.26. The first-order chi connectivity index (χ1) is 16.9. The molecule has 0 radical (unpaired) electrons. The topological polar surface area (TPSA) is 116 Å². The number of ether oxygens (including phenoxy) is 2. The van der Waals surface area contributed by atoms with Crippen molar-refractivity contribution < 1.29 is 22.7 Å². The molecule has 35 heavy (non-hydrogen) atoms. The van der Waals surface area contributed by atoms with Crippen LogP contribution in [0.3, 0.4) is 0 Å². The SMILES string of the molecule is CCC(C)n1c(SCC(=O)NCC2CCCO2)nnc1-c1cccc(S(=O)(=O)N2CCOCC2)c1. The van der Waals surface area contributed by atoms with Crippen molar-refractivity contribution in [2.45, 2.75) is 55.3 Å². The number of nitrogens with zero attached hydrogens (tertiary/aromatic N) is 4. The summed E-state index contributed by atoms with van der Waals surface area (Å²) in [5, 5.41) is 12.3. The minimum Gasteiger partial charge on any atom is -0.379 e. The third kappa shape index (κ3) is 6.23. The first-order valence-corrected chi connectivity index (χ1v) is 14.5. The first-order valence-electron chi connectivity index (χ1n) is 12.0. The van der Waals surface area contributed by atoms with Crippen LogP contribution in [0.2, 0.25) is 0 Å². The van der Waals surface area contributed by atoms with Crippen LogP contribution in [0.25, 0.3) is 11.4 Å². The van der Waals surface area contributed by atoms with Crippen LogP contribution in [0.4, 0.5) is 0 Å². The van der Waals surface area contributed by atoms with Crippen LogP contribution in [-0.4, -0.2) is 84.7 Å². The van der Waals surface area contributed by atoms with E-state index in [9.17, 15) is 13.2 Å². The van der Waals surface area contributed by atoms with Gasteiger partial charge in [-0.3, -0.25) is 9.36 Å². The molecule has 10 nitrogen and oxygen atoms in total. The zero-order chi connectivity index (χ0) is 24.8. The van der Waals surface area contributed by atoms with Gasteiger partial charge in [0.25, 0.3) is 0 Å². The molecule has 2 unspecified atom stereocenters. The minimum absolute atomic E-state index is 0.0666. The molecule has 2 saturated heterocycles. The molecule has 3 heterocycles. The number of carbonyl (C=O) groups excluding carboxylic acids is 1. The van der Waals surface area contributed by atoms with E-state index in [0.717, 1.165) is 25.9 Å². The number of hydrogen-bond donors (Lipinski definition) is 1. The monoisotopic (exact) mass is 523 g/mol. The highest BCUT2D eigenvalue weighted by Crippen LogP contribution is 2.30. The molecule has 0 aliphatic carbocycles. The largest absolute Gasteiger partial charge is 0.379 e. The van der Waals surface area contributed by atoms with E-state index in [-0.39, 0.29) is 28.7 Å². The van der Waals surface area contributed by atoms with Crippen molar-refractivity contribution >= 4 is 27.7 Å². The Morgan fingerprint density at radius 1 is 1.26 bits per heavy atom. The number of aromatic nitrogens is 3. The van der Waals surface area contributed by atoms with Crippen molar-refractivity contribution in [3.8, 4) is 11.4 Å². The van der Waals surface area contributed by atoms with Crippen molar-refractivity contribution in [2.24, 2.45) is 0 Å². The molecule has 192 valence electrons. The number of benzene rings is 1. The molecule has 2 aliphatic heterocycles. The van der Waals surface area contributed by atoms with Gasteiger partial charge in [-0.1, -0.05) is 30.8 Å². The molecule has 1 aromatic carbocycles. The average molecular weight is 524 g/mol. The maximum Gasteiger partial charge on any atom is 0.243 e. The van der Waals surface area contributed by atoms with Gasteiger partial charge in [-0.05, 0) is 38.3 Å². The summed E-state index contributed by atoms with van der Waals surface area (Å²) in [6.07, 6.45) is 2.93. The Hall–Kier alpha value is -1.99. The molecule has 2 atom stereocenters. The zero-order valence-electron chi connectivity index (χ0n) is 20.2. The molecule has 0 spiro atoms. The smallest absolute Gasteiger partial charge is 0.243 e. The van der Waals surface area contributed by atoms with Gasteiger partial charge in [0.2, 0.25) is 15.9 Å². The van der Waals surface area contributed by atoms with Gasteiger partial charge >= 0.3 is 0 Å². The number of thioether (sulfide) groups is 1. The van der Waals surface area contributed by atoms with Gasteiger partial charge in [0, 0.05) is 37.8 Å². The molecule has 2 aromatic rings. The summed E-state index contributed by atoms with van der Waals surface area (Å²) < 4.78 is 40.6. The van der Waals surface area contributed by atoms with Crippen molar-refractivity contribution in [3.05, 3.63) is 24.3 Å². The lowest BCUT2D eigenvalue weighted by Crippen LogP contribution is -2.40. The van der Waals surface area contributed by atoms with Crippen LogP contribution >= 0.6 is 11.8 Å². The third-order valence-corrected chi connectivity index (χ3v) is 9.12. The number of morpholine rings is 1. The Morgan fingerprint density at radius 2 is 2.06 bits per heavy atom. The molecule has 12 heteroatoms. The summed E-state index contributed by atoms with van der Waals surface area (Å²) in [5.41, 5.74) is 0.668. The zero-order valence-corrected chi connectivity index (χ0v) is 21.8. The van der Waals surface area contributed by atoms with Crippen LogP contribution in [0.5, 0.6) is 0 Å². The lowest BCUT2D eigenvalue weighted by molar-refractivity contribution is -0.119. The van der Waals surface area contributed by atoms with E-state index in [1.165, 1.54) is 16.1 Å². The number of carbonyl (C=O) groups is 1. The Bertz CT molecular complexity index is 1110. The molecular weight excluding hydrogens is 490 g/mol. The molecular formula is C23H33N5O5S2. The Morgan fingerprint density at radius 3 is 2.77 bits per heavy atom. The van der Waals surface area contributed by atoms with E-state index in [1.54, 1.807) is 18.2 Å². The maximum absolute atomic E-state index is 13.2. The molecule has 2 aliphatic rings. The standard InChI is InChI=1S/C23H33N5O5S2/c1-3-17(2)28-22(25-26-23(28)34-16-21(29)24-15-19-7-5-11-33-19)18-6-4-8-20(14-18)35(30,31)27-9-12-32-13-10-27/h4,6,8,14,17,19H,3,5,7,9-13,15-16H2,1-2H3,(H,24,29). The van der Waals surface area contributed by atoms with Gasteiger partial charge in [0.1, 0.15) is 0 Å². The summed E-state index contributed by atoms with van der Waals surface area (Å²) in [6.45, 7) is 6.86. The number of amides is 1. The quantitative estimate of drug-likeness (QED) is 0.472. The normalized spacial score (nSPS) is 20.1. The van der Waals surface area contributed by atoms with E-state index in [2.05, 4.69) is 29.4 Å². The predicted molar refractivity (Wildman–Crippen MR) is 133 cm³/mol. The van der Waals surface area contributed by atoms with Gasteiger partial charge < -0.3 is 14.8 Å². The Balaban J connectivity index is 1.51. The van der Waals surface area contributed by atoms with Crippen molar-refractivity contribution in [1.29, 1.82) is 0 Å². The highest BCUT2D eigenvalue weighted by atomic mass is 32.2. The fourth-order valence-corrected chi connectivity index (χ4v) is 6.42. The van der Waals surface area contributed by atoms with E-state index in [0.29, 0.717) is 49.4 Å². The number of nitrogens with one attached hydrogen (secondary N) is 1. The van der Waals surface area contributed by atoms with Crippen LogP contribution in [-0.2, 0) is 24.3 Å². The second-order valence-corrected chi connectivity index (χ2v) is 11.6. The van der Waals surface area contributed by atoms with Crippen LogP contribution in [0.15, 0.2) is 34.3 Å². The summed E-state index contributed by atoms with van der Waals surface area (Å²) >= 11 is 1.33. The van der Waals surface area contributed by atoms with Gasteiger partial charge in [-0.2, -0.15) is 4.31 Å². The van der Waals surface area contributed by atoms with Crippen LogP contribution < -0.4 is 5.32 Å². The van der Waals surface area contributed by atoms with Gasteiger partial charge in [-0.15, -0.1) is 10.2 Å². The van der Waals surface area contributed by atoms with Crippen LogP contribution in [0.1, 0.15) is 39.2 Å². The van der Waals surface area contributed by atoms with Gasteiger partial charge in [-0.25, -0.2) is 8.42 Å². The van der Waals surface area contributed by atoms with Crippen molar-refractivity contribution in [1.82, 2.24) is 24.4 Å². The van der Waals surface area contributed by atoms with E-state index < -0.39 is 10.0 Å². The first kappa shape index (κ1) is 26.1. The van der Waals surface area contributed by atoms with E-state index in [1.807, 2.05) is 10.6 Å². The van der Waals surface area contributed by atoms with Gasteiger partial charge in [0.15, 0.2) is 11.0 Å². The summed E-state index contributed by atoms with van der Waals surface area (Å²) in [7, 11) is -3.63. The van der Waals surface area contributed by atoms with Crippen LogP contribution in [0, 0.1) is 0 Å². The molecule has 1 aromatic heterocycles. The highest BCUT2D eigenvalue weighted by Gasteiger charge is 2.27. The number of hydrogen-bond acceptors (Lipinski definition) is 8. The third-order valence-electron chi connectivity index (χ3n) is 6.28. The lowest BCUT2D eigenvalue weighted by atomic mass is 10.2. The highest BCUT2D eigenvalue weighted by molar-refractivity contribution is 7.99. The number of rotatable bonds is 10. The molecule has 0 bridgehead atoms.